The molecule has 8 bridgehead atoms. The molecule has 6 nitrogen and oxygen atoms in total. The Morgan fingerprint density at radius 1 is 0.522 bits per heavy atom. The van der Waals surface area contributed by atoms with Crippen LogP contribution in [-0.4, -0.2) is 22.2 Å². The van der Waals surface area contributed by atoms with E-state index in [2.05, 4.69) is 53.7 Å². The van der Waals surface area contributed by atoms with Gasteiger partial charge in [0.2, 0.25) is 0 Å². The highest BCUT2D eigenvalue weighted by Crippen LogP contribution is 2.41. The standard InChI is InChI=1S/C40H44O6/c1-23(41)45-37-27-13-10-14-28(37)17-29-19-33(39(3,4)5)20-30(36(29)44)18-32-22-34(40(6,7)8)21-31(38(32)46-24(2)42)16-26-12-9-11-25(15-27)35(26)43/h9-14,19-22,43-44H,15-18H2,1-8H3. The van der Waals surface area contributed by atoms with Gasteiger partial charge in [-0.05, 0) is 55.3 Å². The number of para-hydroxylation sites is 2. The van der Waals surface area contributed by atoms with Crippen LogP contribution in [-0.2, 0) is 46.1 Å². The van der Waals surface area contributed by atoms with Crippen molar-refractivity contribution >= 4 is 11.9 Å². The summed E-state index contributed by atoms with van der Waals surface area (Å²) in [4.78, 5) is 24.8. The smallest absolute Gasteiger partial charge is 0.308 e. The van der Waals surface area contributed by atoms with E-state index in [9.17, 15) is 19.8 Å². The van der Waals surface area contributed by atoms with Crippen LogP contribution in [0.3, 0.4) is 0 Å². The number of carbonyl (C=O) groups excluding carboxylic acids is 2. The van der Waals surface area contributed by atoms with Gasteiger partial charge < -0.3 is 19.7 Å². The third kappa shape index (κ3) is 6.96. The topological polar surface area (TPSA) is 93.1 Å². The van der Waals surface area contributed by atoms with Gasteiger partial charge in [0, 0.05) is 50.7 Å². The monoisotopic (exact) mass is 620 g/mol. The molecule has 0 aromatic heterocycles. The zero-order chi connectivity index (χ0) is 33.6. The Labute approximate surface area is 272 Å². The Morgan fingerprint density at radius 3 is 1.24 bits per heavy atom. The second kappa shape index (κ2) is 12.3. The number of fused-ring (bicyclic) bond motifs is 8. The molecule has 0 saturated heterocycles. The maximum absolute atomic E-state index is 12.5. The van der Waals surface area contributed by atoms with Gasteiger partial charge in [0.25, 0.3) is 0 Å². The molecule has 0 radical (unpaired) electrons. The van der Waals surface area contributed by atoms with Gasteiger partial charge in [-0.25, -0.2) is 0 Å². The van der Waals surface area contributed by atoms with E-state index in [4.69, 9.17) is 9.47 Å². The number of carbonyl (C=O) groups is 2. The van der Waals surface area contributed by atoms with E-state index in [1.54, 1.807) is 0 Å². The molecule has 5 rings (SSSR count). The Hall–Kier alpha value is -4.58. The first-order chi connectivity index (χ1) is 21.5. The summed E-state index contributed by atoms with van der Waals surface area (Å²) in [5.74, 6) is 0.290. The number of phenolic OH excluding ortho intramolecular Hbond substituents is 2. The molecule has 240 valence electrons. The molecule has 0 heterocycles. The molecular weight excluding hydrogens is 576 g/mol. The first-order valence-electron chi connectivity index (χ1n) is 15.8. The number of aromatic hydroxyl groups is 2. The Kier molecular flexibility index (Phi) is 8.78. The third-order valence-corrected chi connectivity index (χ3v) is 8.64. The fourth-order valence-electron chi connectivity index (χ4n) is 6.13. The fourth-order valence-corrected chi connectivity index (χ4v) is 6.13. The van der Waals surface area contributed by atoms with Crippen LogP contribution in [0.2, 0.25) is 0 Å². The minimum atomic E-state index is -0.444. The lowest BCUT2D eigenvalue weighted by Gasteiger charge is -2.26. The van der Waals surface area contributed by atoms with Crippen LogP contribution in [0.4, 0.5) is 0 Å². The summed E-state index contributed by atoms with van der Waals surface area (Å²) in [5, 5.41) is 23.5. The molecule has 46 heavy (non-hydrogen) atoms. The van der Waals surface area contributed by atoms with Gasteiger partial charge in [-0.2, -0.15) is 0 Å². The zero-order valence-corrected chi connectivity index (χ0v) is 28.1. The number of rotatable bonds is 2. The maximum atomic E-state index is 12.5. The number of ether oxygens (including phenoxy) is 2. The molecule has 1 aliphatic rings. The molecular formula is C40H44O6. The van der Waals surface area contributed by atoms with Crippen molar-refractivity contribution in [2.24, 2.45) is 0 Å². The quantitative estimate of drug-likeness (QED) is 0.153. The molecule has 1 aliphatic carbocycles. The van der Waals surface area contributed by atoms with Crippen molar-refractivity contribution in [1.29, 1.82) is 0 Å². The molecule has 6 heteroatoms. The van der Waals surface area contributed by atoms with Gasteiger partial charge >= 0.3 is 11.9 Å². The summed E-state index contributed by atoms with van der Waals surface area (Å²) in [6, 6.07) is 19.5. The van der Waals surface area contributed by atoms with E-state index in [0.29, 0.717) is 59.4 Å². The highest BCUT2D eigenvalue weighted by Gasteiger charge is 2.26. The van der Waals surface area contributed by atoms with Gasteiger partial charge in [0.05, 0.1) is 0 Å². The van der Waals surface area contributed by atoms with Crippen molar-refractivity contribution in [3.63, 3.8) is 0 Å². The van der Waals surface area contributed by atoms with Gasteiger partial charge in [-0.1, -0.05) is 102 Å². The summed E-state index contributed by atoms with van der Waals surface area (Å²) in [7, 11) is 0. The lowest BCUT2D eigenvalue weighted by atomic mass is 9.81. The van der Waals surface area contributed by atoms with Gasteiger partial charge in [0.15, 0.2) is 0 Å². The van der Waals surface area contributed by atoms with Crippen LogP contribution in [0, 0.1) is 0 Å². The largest absolute Gasteiger partial charge is 0.507 e. The van der Waals surface area contributed by atoms with Crippen LogP contribution < -0.4 is 9.47 Å². The molecule has 0 fully saturated rings. The molecule has 0 aliphatic heterocycles. The summed E-state index contributed by atoms with van der Waals surface area (Å²) in [6.07, 6.45) is 1.26. The summed E-state index contributed by atoms with van der Waals surface area (Å²) in [6.45, 7) is 15.6. The third-order valence-electron chi connectivity index (χ3n) is 8.64. The van der Waals surface area contributed by atoms with Crippen molar-refractivity contribution in [3.8, 4) is 23.0 Å². The van der Waals surface area contributed by atoms with Gasteiger partial charge in [-0.15, -0.1) is 0 Å². The predicted octanol–water partition coefficient (Wildman–Crippen LogP) is 8.22. The number of esters is 2. The Bertz CT molecular complexity index is 1830. The highest BCUT2D eigenvalue weighted by molar-refractivity contribution is 5.72. The average molecular weight is 621 g/mol. The van der Waals surface area contributed by atoms with Crippen molar-refractivity contribution in [3.05, 3.63) is 116 Å². The number of phenols is 2. The van der Waals surface area contributed by atoms with Crippen molar-refractivity contribution in [2.45, 2.75) is 91.9 Å². The number of benzene rings is 4. The van der Waals surface area contributed by atoms with Crippen LogP contribution in [0.25, 0.3) is 0 Å². The summed E-state index contributed by atoms with van der Waals surface area (Å²) in [5.41, 5.74) is 7.45. The minimum absolute atomic E-state index is 0.142. The first-order valence-corrected chi connectivity index (χ1v) is 15.8. The van der Waals surface area contributed by atoms with E-state index >= 15 is 0 Å². The second-order valence-corrected chi connectivity index (χ2v) is 14.5. The molecule has 0 atom stereocenters. The Morgan fingerprint density at radius 2 is 0.826 bits per heavy atom. The SMILES string of the molecule is CC(=O)Oc1c2cccc1Cc1cc(C(C)(C)C)cc(c1O)Cc1cc(C(C)(C)C)cc(c1OC(C)=O)Cc1cccc(c1O)C2. The highest BCUT2D eigenvalue weighted by atomic mass is 16.5. The molecule has 0 amide bonds. The van der Waals surface area contributed by atoms with E-state index in [0.717, 1.165) is 33.4 Å². The average Bonchev–Trinajstić information content (AvgIpc) is 2.94. The molecule has 0 saturated carbocycles. The van der Waals surface area contributed by atoms with Crippen molar-refractivity contribution in [2.75, 3.05) is 0 Å². The molecule has 4 aromatic carbocycles. The van der Waals surface area contributed by atoms with Crippen LogP contribution >= 0.6 is 0 Å². The first kappa shape index (κ1) is 32.8. The normalized spacial score (nSPS) is 13.2. The van der Waals surface area contributed by atoms with Crippen LogP contribution in [0.15, 0.2) is 60.7 Å². The summed E-state index contributed by atoms with van der Waals surface area (Å²) >= 11 is 0. The van der Waals surface area contributed by atoms with Crippen LogP contribution in [0.1, 0.15) is 111 Å². The van der Waals surface area contributed by atoms with Gasteiger partial charge in [0.1, 0.15) is 23.0 Å². The lowest BCUT2D eigenvalue weighted by molar-refractivity contribution is -0.132. The van der Waals surface area contributed by atoms with Crippen molar-refractivity contribution in [1.82, 2.24) is 0 Å². The molecule has 4 aromatic rings. The lowest BCUT2D eigenvalue weighted by Crippen LogP contribution is -2.16. The van der Waals surface area contributed by atoms with Crippen molar-refractivity contribution < 1.29 is 29.3 Å². The maximum Gasteiger partial charge on any atom is 0.308 e. The summed E-state index contributed by atoms with van der Waals surface area (Å²) < 4.78 is 11.8. The van der Waals surface area contributed by atoms with Crippen LogP contribution in [0.5, 0.6) is 23.0 Å². The number of hydrogen-bond donors (Lipinski definition) is 2. The van der Waals surface area contributed by atoms with Gasteiger partial charge in [-0.3, -0.25) is 9.59 Å². The molecule has 0 unspecified atom stereocenters. The molecule has 2 N–H and O–H groups in total. The number of hydrogen-bond acceptors (Lipinski definition) is 6. The minimum Gasteiger partial charge on any atom is -0.507 e. The second-order valence-electron chi connectivity index (χ2n) is 14.5. The Balaban J connectivity index is 1.86. The van der Waals surface area contributed by atoms with E-state index < -0.39 is 11.9 Å². The fraction of sp³-hybridized carbons (Fsp3) is 0.350. The van der Waals surface area contributed by atoms with E-state index in [1.165, 1.54) is 13.8 Å². The zero-order valence-electron chi connectivity index (χ0n) is 28.1. The molecule has 0 spiro atoms. The predicted molar refractivity (Wildman–Crippen MR) is 180 cm³/mol. The van der Waals surface area contributed by atoms with E-state index in [-0.39, 0.29) is 22.3 Å². The van der Waals surface area contributed by atoms with E-state index in [1.807, 2.05) is 48.5 Å².